The van der Waals surface area contributed by atoms with E-state index in [9.17, 15) is 4.79 Å². The lowest BCUT2D eigenvalue weighted by Gasteiger charge is -2.19. The summed E-state index contributed by atoms with van der Waals surface area (Å²) in [5.74, 6) is 0.213. The van der Waals surface area contributed by atoms with Gasteiger partial charge in [0.25, 0.3) is 0 Å². The van der Waals surface area contributed by atoms with E-state index in [1.54, 1.807) is 0 Å². The van der Waals surface area contributed by atoms with Crippen LogP contribution in [0.1, 0.15) is 22.6 Å². The maximum Gasteiger partial charge on any atom is 0.224 e. The molecule has 2 nitrogen and oxygen atoms in total. The Hall–Kier alpha value is -2.87. The fourth-order valence-corrected chi connectivity index (χ4v) is 2.86. The highest BCUT2D eigenvalue weighted by molar-refractivity contribution is 5.78. The first-order valence-corrected chi connectivity index (χ1v) is 8.23. The summed E-state index contributed by atoms with van der Waals surface area (Å²) in [7, 11) is 0. The molecule has 3 rings (SSSR count). The second kappa shape index (κ2) is 8.11. The molecule has 0 aliphatic heterocycles. The normalized spacial score (nSPS) is 10.5. The third-order valence-electron chi connectivity index (χ3n) is 4.11. The molecule has 0 atom stereocenters. The van der Waals surface area contributed by atoms with Gasteiger partial charge in [-0.1, -0.05) is 91.0 Å². The van der Waals surface area contributed by atoms with Gasteiger partial charge in [-0.25, -0.2) is 0 Å². The number of rotatable bonds is 6. The summed E-state index contributed by atoms with van der Waals surface area (Å²) >= 11 is 0. The maximum atomic E-state index is 12.3. The van der Waals surface area contributed by atoms with E-state index in [1.807, 2.05) is 66.7 Å². The Morgan fingerprint density at radius 1 is 0.708 bits per heavy atom. The monoisotopic (exact) mass is 315 g/mol. The van der Waals surface area contributed by atoms with Crippen LogP contribution in [0.25, 0.3) is 0 Å². The van der Waals surface area contributed by atoms with E-state index < -0.39 is 0 Å². The third-order valence-corrected chi connectivity index (χ3v) is 4.11. The summed E-state index contributed by atoms with van der Waals surface area (Å²) in [6.07, 6.45) is 0.414. The smallest absolute Gasteiger partial charge is 0.224 e. The second-order valence-electron chi connectivity index (χ2n) is 5.84. The van der Waals surface area contributed by atoms with Gasteiger partial charge in [0.1, 0.15) is 0 Å². The van der Waals surface area contributed by atoms with Gasteiger partial charge in [-0.3, -0.25) is 4.79 Å². The fourth-order valence-electron chi connectivity index (χ4n) is 2.86. The number of benzene rings is 3. The molecule has 0 heterocycles. The number of hydrogen-bond donors (Lipinski definition) is 1. The first-order chi connectivity index (χ1) is 11.8. The lowest BCUT2D eigenvalue weighted by molar-refractivity contribution is -0.120. The highest BCUT2D eigenvalue weighted by Gasteiger charge is 2.15. The number of nitrogens with one attached hydrogen (secondary N) is 1. The standard InChI is InChI=1S/C22H21NO/c24-22(16-18-10-4-1-5-11-18)23-17-21(19-12-6-2-7-13-19)20-14-8-3-9-15-20/h1-15,21H,16-17H2,(H,23,24). The molecule has 0 saturated heterocycles. The molecule has 0 spiro atoms. The lowest BCUT2D eigenvalue weighted by atomic mass is 9.91. The molecular weight excluding hydrogens is 294 g/mol. The van der Waals surface area contributed by atoms with Gasteiger partial charge in [-0.2, -0.15) is 0 Å². The van der Waals surface area contributed by atoms with Crippen molar-refractivity contribution in [2.75, 3.05) is 6.54 Å². The van der Waals surface area contributed by atoms with Crippen LogP contribution in [-0.4, -0.2) is 12.5 Å². The average Bonchev–Trinajstić information content (AvgIpc) is 2.64. The minimum Gasteiger partial charge on any atom is -0.355 e. The highest BCUT2D eigenvalue weighted by atomic mass is 16.1. The molecule has 0 saturated carbocycles. The van der Waals surface area contributed by atoms with Crippen molar-refractivity contribution in [3.8, 4) is 0 Å². The van der Waals surface area contributed by atoms with Gasteiger partial charge in [0.2, 0.25) is 5.91 Å². The molecule has 0 aliphatic carbocycles. The largest absolute Gasteiger partial charge is 0.355 e. The van der Waals surface area contributed by atoms with E-state index >= 15 is 0 Å². The Bertz CT molecular complexity index is 714. The fraction of sp³-hybridized carbons (Fsp3) is 0.136. The highest BCUT2D eigenvalue weighted by Crippen LogP contribution is 2.23. The van der Waals surface area contributed by atoms with Crippen LogP contribution in [0.4, 0.5) is 0 Å². The quantitative estimate of drug-likeness (QED) is 0.726. The topological polar surface area (TPSA) is 29.1 Å². The summed E-state index contributed by atoms with van der Waals surface area (Å²) in [5, 5.41) is 3.09. The minimum atomic E-state index is 0.0538. The molecule has 1 amide bonds. The van der Waals surface area contributed by atoms with Gasteiger partial charge in [-0.05, 0) is 16.7 Å². The van der Waals surface area contributed by atoms with Crippen LogP contribution in [0.2, 0.25) is 0 Å². The maximum absolute atomic E-state index is 12.3. The van der Waals surface area contributed by atoms with Gasteiger partial charge in [0, 0.05) is 12.5 Å². The van der Waals surface area contributed by atoms with Crippen LogP contribution in [0.3, 0.4) is 0 Å². The molecule has 3 aromatic rings. The number of hydrogen-bond acceptors (Lipinski definition) is 1. The van der Waals surface area contributed by atoms with Crippen molar-refractivity contribution in [2.24, 2.45) is 0 Å². The molecule has 2 heteroatoms. The van der Waals surface area contributed by atoms with Crippen molar-refractivity contribution in [1.82, 2.24) is 5.32 Å². The van der Waals surface area contributed by atoms with Crippen LogP contribution < -0.4 is 5.32 Å². The molecule has 120 valence electrons. The molecule has 3 aromatic carbocycles. The summed E-state index contributed by atoms with van der Waals surface area (Å²) in [6.45, 7) is 0.597. The molecule has 0 aromatic heterocycles. The Morgan fingerprint density at radius 2 is 1.17 bits per heavy atom. The summed E-state index contributed by atoms with van der Waals surface area (Å²) in [5.41, 5.74) is 3.46. The van der Waals surface area contributed by atoms with Crippen molar-refractivity contribution < 1.29 is 4.79 Å². The minimum absolute atomic E-state index is 0.0538. The van der Waals surface area contributed by atoms with Gasteiger partial charge < -0.3 is 5.32 Å². The Morgan fingerprint density at radius 3 is 1.67 bits per heavy atom. The van der Waals surface area contributed by atoms with Crippen molar-refractivity contribution in [2.45, 2.75) is 12.3 Å². The predicted molar refractivity (Wildman–Crippen MR) is 97.9 cm³/mol. The molecule has 1 N–H and O–H groups in total. The molecule has 0 aliphatic rings. The summed E-state index contributed by atoms with van der Waals surface area (Å²) < 4.78 is 0. The van der Waals surface area contributed by atoms with Gasteiger partial charge >= 0.3 is 0 Å². The van der Waals surface area contributed by atoms with Crippen molar-refractivity contribution in [1.29, 1.82) is 0 Å². The van der Waals surface area contributed by atoms with Gasteiger partial charge in [-0.15, -0.1) is 0 Å². The Balaban J connectivity index is 1.70. The van der Waals surface area contributed by atoms with Gasteiger partial charge in [0.05, 0.1) is 6.42 Å². The SMILES string of the molecule is O=C(Cc1ccccc1)NCC(c1ccccc1)c1ccccc1. The average molecular weight is 315 g/mol. The molecule has 0 radical (unpaired) electrons. The van der Waals surface area contributed by atoms with Crippen LogP contribution in [0, 0.1) is 0 Å². The third kappa shape index (κ3) is 4.32. The molecule has 0 bridgehead atoms. The number of carbonyl (C=O) groups excluding carboxylic acids is 1. The predicted octanol–water partition coefficient (Wildman–Crippen LogP) is 4.18. The van der Waals surface area contributed by atoms with E-state index in [2.05, 4.69) is 29.6 Å². The lowest BCUT2D eigenvalue weighted by Crippen LogP contribution is -2.30. The zero-order chi connectivity index (χ0) is 16.6. The van der Waals surface area contributed by atoms with Crippen molar-refractivity contribution >= 4 is 5.91 Å². The molecule has 24 heavy (non-hydrogen) atoms. The van der Waals surface area contributed by atoms with E-state index in [1.165, 1.54) is 11.1 Å². The number of amides is 1. The molecule has 0 fully saturated rings. The zero-order valence-electron chi connectivity index (χ0n) is 13.6. The zero-order valence-corrected chi connectivity index (χ0v) is 13.6. The number of carbonyl (C=O) groups is 1. The Kier molecular flexibility index (Phi) is 5.41. The van der Waals surface area contributed by atoms with Crippen LogP contribution in [0.15, 0.2) is 91.0 Å². The van der Waals surface area contributed by atoms with E-state index in [0.717, 1.165) is 5.56 Å². The first kappa shape index (κ1) is 16.0. The Labute approximate surface area is 143 Å². The van der Waals surface area contributed by atoms with Crippen molar-refractivity contribution in [3.05, 3.63) is 108 Å². The molecule has 0 unspecified atom stereocenters. The van der Waals surface area contributed by atoms with Gasteiger partial charge in [0.15, 0.2) is 0 Å². The van der Waals surface area contributed by atoms with Crippen molar-refractivity contribution in [3.63, 3.8) is 0 Å². The van der Waals surface area contributed by atoms with Crippen LogP contribution in [0.5, 0.6) is 0 Å². The summed E-state index contributed by atoms with van der Waals surface area (Å²) in [6, 6.07) is 30.5. The van der Waals surface area contributed by atoms with Crippen LogP contribution >= 0.6 is 0 Å². The van der Waals surface area contributed by atoms with Crippen LogP contribution in [-0.2, 0) is 11.2 Å². The van der Waals surface area contributed by atoms with E-state index in [0.29, 0.717) is 13.0 Å². The van der Waals surface area contributed by atoms with E-state index in [4.69, 9.17) is 0 Å². The van der Waals surface area contributed by atoms with E-state index in [-0.39, 0.29) is 11.8 Å². The molecular formula is C22H21NO. The first-order valence-electron chi connectivity index (χ1n) is 8.23. The summed E-state index contributed by atoms with van der Waals surface area (Å²) in [4.78, 5) is 12.3. The second-order valence-corrected chi connectivity index (χ2v) is 5.84.